The molecule has 2 nitrogen and oxygen atoms in total. The molecule has 1 atom stereocenters. The number of hydrogen-bond acceptors (Lipinski definition) is 2. The van der Waals surface area contributed by atoms with E-state index in [1.165, 1.54) is 77.0 Å². The molecule has 1 heterocycles. The van der Waals surface area contributed by atoms with E-state index in [-0.39, 0.29) is 6.10 Å². The van der Waals surface area contributed by atoms with Crippen molar-refractivity contribution in [3.63, 3.8) is 0 Å². The van der Waals surface area contributed by atoms with Crippen molar-refractivity contribution in [3.05, 3.63) is 0 Å². The first kappa shape index (κ1) is 20.0. The van der Waals surface area contributed by atoms with Crippen molar-refractivity contribution >= 4 is 0 Å². The highest BCUT2D eigenvalue weighted by Crippen LogP contribution is 2.27. The van der Waals surface area contributed by atoms with E-state index in [2.05, 4.69) is 18.7 Å². The van der Waals surface area contributed by atoms with Gasteiger partial charge < -0.3 is 5.11 Å². The van der Waals surface area contributed by atoms with Crippen LogP contribution in [0.2, 0.25) is 0 Å². The van der Waals surface area contributed by atoms with Gasteiger partial charge in [0, 0.05) is 25.0 Å². The second-order valence-electron chi connectivity index (χ2n) is 7.51. The number of rotatable bonds is 14. The Bertz CT molecular complexity index is 234. The van der Waals surface area contributed by atoms with Gasteiger partial charge in [-0.1, -0.05) is 78.1 Å². The molecule has 1 aliphatic heterocycles. The van der Waals surface area contributed by atoms with Crippen molar-refractivity contribution in [1.82, 2.24) is 4.90 Å². The first-order valence-electron chi connectivity index (χ1n) is 10.1. The van der Waals surface area contributed by atoms with Crippen LogP contribution in [0.1, 0.15) is 97.8 Å². The molecule has 0 aliphatic carbocycles. The van der Waals surface area contributed by atoms with E-state index in [1.54, 1.807) is 0 Å². The molecule has 1 N–H and O–H groups in total. The normalized spacial score (nSPS) is 17.9. The maximum atomic E-state index is 9.69. The molecule has 2 heteroatoms. The minimum Gasteiger partial charge on any atom is -0.393 e. The Morgan fingerprint density at radius 2 is 1.27 bits per heavy atom. The topological polar surface area (TPSA) is 23.5 Å². The Hall–Kier alpha value is -0.0800. The van der Waals surface area contributed by atoms with Crippen LogP contribution in [-0.2, 0) is 0 Å². The predicted molar refractivity (Wildman–Crippen MR) is 97.3 cm³/mol. The smallest absolute Gasteiger partial charge is 0.0564 e. The number of likely N-dealkylation sites (tertiary alicyclic amines) is 1. The number of aliphatic hydroxyl groups excluding tert-OH is 1. The molecule has 132 valence electrons. The van der Waals surface area contributed by atoms with Gasteiger partial charge in [0.2, 0.25) is 0 Å². The van der Waals surface area contributed by atoms with Gasteiger partial charge in [0.05, 0.1) is 6.10 Å². The third kappa shape index (κ3) is 7.97. The van der Waals surface area contributed by atoms with Gasteiger partial charge in [-0.05, 0) is 19.8 Å². The SMILES string of the molecule is CCCCCCCC(CCCCCCC)N1CC(C(C)O)C1. The van der Waals surface area contributed by atoms with Gasteiger partial charge in [-0.15, -0.1) is 0 Å². The lowest BCUT2D eigenvalue weighted by molar-refractivity contribution is -0.0238. The van der Waals surface area contributed by atoms with Crippen LogP contribution in [0.3, 0.4) is 0 Å². The lowest BCUT2D eigenvalue weighted by Crippen LogP contribution is -2.55. The zero-order valence-corrected chi connectivity index (χ0v) is 15.5. The largest absolute Gasteiger partial charge is 0.393 e. The third-order valence-electron chi connectivity index (χ3n) is 5.42. The van der Waals surface area contributed by atoms with E-state index in [1.807, 2.05) is 6.92 Å². The fourth-order valence-corrected chi connectivity index (χ4v) is 3.63. The van der Waals surface area contributed by atoms with Gasteiger partial charge in [-0.25, -0.2) is 0 Å². The van der Waals surface area contributed by atoms with E-state index in [9.17, 15) is 5.11 Å². The zero-order chi connectivity index (χ0) is 16.2. The molecule has 0 aromatic heterocycles. The number of hydrogen-bond donors (Lipinski definition) is 1. The lowest BCUT2D eigenvalue weighted by atomic mass is 9.89. The summed E-state index contributed by atoms with van der Waals surface area (Å²) in [6.45, 7) is 8.79. The molecule has 0 amide bonds. The highest BCUT2D eigenvalue weighted by Gasteiger charge is 2.34. The number of aliphatic hydroxyl groups is 1. The molecule has 1 aliphatic rings. The molecule has 0 saturated carbocycles. The van der Waals surface area contributed by atoms with Gasteiger partial charge in [-0.3, -0.25) is 4.90 Å². The van der Waals surface area contributed by atoms with Crippen molar-refractivity contribution in [2.24, 2.45) is 5.92 Å². The van der Waals surface area contributed by atoms with Crippen LogP contribution in [0.25, 0.3) is 0 Å². The van der Waals surface area contributed by atoms with Gasteiger partial charge >= 0.3 is 0 Å². The highest BCUT2D eigenvalue weighted by atomic mass is 16.3. The predicted octanol–water partition coefficient (Wildman–Crippen LogP) is 5.39. The Morgan fingerprint density at radius 1 is 0.818 bits per heavy atom. The minimum atomic E-state index is -0.119. The van der Waals surface area contributed by atoms with Gasteiger partial charge in [0.1, 0.15) is 0 Å². The molecule has 0 aromatic rings. The molecule has 1 rings (SSSR count). The van der Waals surface area contributed by atoms with Crippen molar-refractivity contribution in [3.8, 4) is 0 Å². The standard InChI is InChI=1S/C20H41NO/c1-4-6-8-10-12-14-20(15-13-11-9-7-5-2)21-16-19(17-21)18(3)22/h18-20,22H,4-17H2,1-3H3. The molecule has 22 heavy (non-hydrogen) atoms. The molecule has 0 aromatic carbocycles. The Kier molecular flexibility index (Phi) is 11.2. The second-order valence-corrected chi connectivity index (χ2v) is 7.51. The second kappa shape index (κ2) is 12.4. The molecule has 1 fully saturated rings. The minimum absolute atomic E-state index is 0.119. The van der Waals surface area contributed by atoms with E-state index in [4.69, 9.17) is 0 Å². The van der Waals surface area contributed by atoms with Crippen LogP contribution in [-0.4, -0.2) is 35.2 Å². The van der Waals surface area contributed by atoms with Crippen LogP contribution >= 0.6 is 0 Å². The Labute approximate surface area is 139 Å². The van der Waals surface area contributed by atoms with Crippen molar-refractivity contribution in [2.45, 2.75) is 110 Å². The Balaban J connectivity index is 2.21. The number of unbranched alkanes of at least 4 members (excludes halogenated alkanes) is 8. The first-order chi connectivity index (χ1) is 10.7. The fourth-order valence-electron chi connectivity index (χ4n) is 3.63. The van der Waals surface area contributed by atoms with E-state index >= 15 is 0 Å². The Morgan fingerprint density at radius 3 is 1.68 bits per heavy atom. The quantitative estimate of drug-likeness (QED) is 0.435. The van der Waals surface area contributed by atoms with Crippen LogP contribution in [0.15, 0.2) is 0 Å². The summed E-state index contributed by atoms with van der Waals surface area (Å²) >= 11 is 0. The summed E-state index contributed by atoms with van der Waals surface area (Å²) in [4.78, 5) is 2.65. The summed E-state index contributed by atoms with van der Waals surface area (Å²) in [7, 11) is 0. The first-order valence-corrected chi connectivity index (χ1v) is 10.1. The fraction of sp³-hybridized carbons (Fsp3) is 1.00. The molecule has 0 bridgehead atoms. The van der Waals surface area contributed by atoms with Gasteiger partial charge in [-0.2, -0.15) is 0 Å². The average molecular weight is 312 g/mol. The molecular formula is C20H41NO. The van der Waals surface area contributed by atoms with Crippen LogP contribution < -0.4 is 0 Å². The van der Waals surface area contributed by atoms with E-state index in [0.717, 1.165) is 19.1 Å². The van der Waals surface area contributed by atoms with Gasteiger partial charge in [0.15, 0.2) is 0 Å². The van der Waals surface area contributed by atoms with Crippen molar-refractivity contribution in [1.29, 1.82) is 0 Å². The van der Waals surface area contributed by atoms with Gasteiger partial charge in [0.25, 0.3) is 0 Å². The monoisotopic (exact) mass is 311 g/mol. The van der Waals surface area contributed by atoms with Crippen LogP contribution in [0.4, 0.5) is 0 Å². The summed E-state index contributed by atoms with van der Waals surface area (Å²) < 4.78 is 0. The van der Waals surface area contributed by atoms with E-state index in [0.29, 0.717) is 5.92 Å². The summed E-state index contributed by atoms with van der Waals surface area (Å²) in [5.74, 6) is 0.530. The molecule has 0 radical (unpaired) electrons. The molecule has 1 saturated heterocycles. The summed E-state index contributed by atoms with van der Waals surface area (Å²) in [6, 6.07) is 0.790. The molecule has 1 unspecified atom stereocenters. The molecule has 0 spiro atoms. The third-order valence-corrected chi connectivity index (χ3v) is 5.42. The van der Waals surface area contributed by atoms with E-state index < -0.39 is 0 Å². The summed E-state index contributed by atoms with van der Waals surface area (Å²) in [5, 5.41) is 9.69. The van der Waals surface area contributed by atoms with Crippen LogP contribution in [0, 0.1) is 5.92 Å². The van der Waals surface area contributed by atoms with Crippen molar-refractivity contribution < 1.29 is 5.11 Å². The molecular weight excluding hydrogens is 270 g/mol. The van der Waals surface area contributed by atoms with Crippen LogP contribution in [0.5, 0.6) is 0 Å². The van der Waals surface area contributed by atoms with Crippen molar-refractivity contribution in [2.75, 3.05) is 13.1 Å². The maximum absolute atomic E-state index is 9.69. The average Bonchev–Trinajstić information content (AvgIpc) is 2.44. The maximum Gasteiger partial charge on any atom is 0.0564 e. The summed E-state index contributed by atoms with van der Waals surface area (Å²) in [6.07, 6.45) is 16.6. The lowest BCUT2D eigenvalue weighted by Gasteiger charge is -2.46. The summed E-state index contributed by atoms with van der Waals surface area (Å²) in [5.41, 5.74) is 0. The highest BCUT2D eigenvalue weighted by molar-refractivity contribution is 4.87. The zero-order valence-electron chi connectivity index (χ0n) is 15.5. The number of nitrogens with zero attached hydrogens (tertiary/aromatic N) is 1.